The van der Waals surface area contributed by atoms with Crippen LogP contribution in [0.3, 0.4) is 0 Å². The van der Waals surface area contributed by atoms with E-state index in [-0.39, 0.29) is 95.4 Å². The van der Waals surface area contributed by atoms with Crippen LogP contribution >= 0.6 is 25.3 Å². The van der Waals surface area contributed by atoms with Crippen molar-refractivity contribution < 1.29 is 106 Å². The number of primary amides is 3. The highest BCUT2D eigenvalue weighted by atomic mass is 32.1. The maximum Gasteiger partial charge on any atom is 0.326 e. The molecule has 0 bridgehead atoms. The highest BCUT2D eigenvalue weighted by molar-refractivity contribution is 7.80. The summed E-state index contributed by atoms with van der Waals surface area (Å²) in [5.74, 6) is -22.9. The van der Waals surface area contributed by atoms with Gasteiger partial charge >= 0.3 is 11.9 Å². The zero-order valence-corrected chi connectivity index (χ0v) is 80.6. The van der Waals surface area contributed by atoms with Gasteiger partial charge in [0.25, 0.3) is 0 Å². The molecule has 2 aromatic heterocycles. The molecule has 0 radical (unpaired) electrons. The largest absolute Gasteiger partial charge is 0.481 e. The number of aliphatic carboxylic acids is 2. The fraction of sp³-hybridized carbons (Fsp3) is 0.489. The number of hydrogen-bond acceptors (Lipinski definition) is 24. The number of amides is 18. The molecule has 760 valence electrons. The third-order valence-corrected chi connectivity index (χ3v) is 24.1. The molecule has 3 heterocycles. The lowest BCUT2D eigenvalue weighted by atomic mass is 9.96. The van der Waals surface area contributed by atoms with Gasteiger partial charge in [-0.3, -0.25) is 91.1 Å². The van der Waals surface area contributed by atoms with E-state index in [1.807, 2.05) is 0 Å². The summed E-state index contributed by atoms with van der Waals surface area (Å²) in [7, 11) is 0. The lowest BCUT2D eigenvalue weighted by molar-refractivity contribution is -0.144. The number of rotatable bonds is 59. The average molecular weight is 1980 g/mol. The van der Waals surface area contributed by atoms with Gasteiger partial charge in [-0.1, -0.05) is 145 Å². The van der Waals surface area contributed by atoms with Crippen LogP contribution in [-0.4, -0.2) is 265 Å². The van der Waals surface area contributed by atoms with Gasteiger partial charge in [0.05, 0.1) is 31.8 Å². The molecule has 4 aromatic carbocycles. The lowest BCUT2D eigenvalue weighted by Gasteiger charge is -2.29. The van der Waals surface area contributed by atoms with E-state index in [4.69, 9.17) is 28.7 Å². The molecule has 18 amide bonds. The van der Waals surface area contributed by atoms with Crippen molar-refractivity contribution in [3.63, 3.8) is 0 Å². The van der Waals surface area contributed by atoms with Crippen LogP contribution in [-0.2, 0) is 122 Å². The molecule has 1 saturated heterocycles. The third kappa shape index (κ3) is 35.8. The van der Waals surface area contributed by atoms with Crippen LogP contribution in [0.5, 0.6) is 0 Å². The molecule has 46 heteroatoms. The predicted octanol–water partition coefficient (Wildman–Crippen LogP) is -2.64. The summed E-state index contributed by atoms with van der Waals surface area (Å²) in [4.78, 5) is 286. The monoisotopic (exact) mass is 1980 g/mol. The number of thiol groups is 2. The number of likely N-dealkylation sites (tertiary alicyclic amines) is 1. The first-order valence-corrected chi connectivity index (χ1v) is 47.4. The third-order valence-electron chi connectivity index (χ3n) is 23.4. The van der Waals surface area contributed by atoms with E-state index in [9.17, 15) is 91.7 Å². The van der Waals surface area contributed by atoms with E-state index in [0.717, 1.165) is 0 Å². The van der Waals surface area contributed by atoms with Crippen molar-refractivity contribution in [3.8, 4) is 0 Å². The summed E-state index contributed by atoms with van der Waals surface area (Å²) >= 11 is 8.64. The van der Waals surface area contributed by atoms with Gasteiger partial charge in [-0.05, 0) is 110 Å². The Bertz CT molecular complexity index is 5360. The van der Waals surface area contributed by atoms with Crippen LogP contribution in [0.25, 0.3) is 21.8 Å². The maximum atomic E-state index is 15.2. The highest BCUT2D eigenvalue weighted by Crippen LogP contribution is 2.25. The second kappa shape index (κ2) is 56.1. The molecule has 0 saturated carbocycles. The smallest absolute Gasteiger partial charge is 0.326 e. The van der Waals surface area contributed by atoms with E-state index in [0.29, 0.717) is 50.5 Å². The quantitative estimate of drug-likeness (QED) is 0.0137. The molecule has 0 aliphatic carbocycles. The Morgan fingerprint density at radius 3 is 1.26 bits per heavy atom. The fourth-order valence-corrected chi connectivity index (χ4v) is 16.2. The molecular weight excluding hydrogens is 1850 g/mol. The first kappa shape index (κ1) is 113. The van der Waals surface area contributed by atoms with Crippen molar-refractivity contribution in [2.45, 2.75) is 241 Å². The number of benzene rings is 4. The van der Waals surface area contributed by atoms with Crippen molar-refractivity contribution in [1.82, 2.24) is 89.3 Å². The normalized spacial score (nSPS) is 15.6. The number of carboxylic acid groups (broad SMARTS) is 2. The second-order valence-corrected chi connectivity index (χ2v) is 36.1. The van der Waals surface area contributed by atoms with Gasteiger partial charge in [0.1, 0.15) is 84.6 Å². The van der Waals surface area contributed by atoms with Crippen LogP contribution in [0.1, 0.15) is 147 Å². The van der Waals surface area contributed by atoms with Gasteiger partial charge in [0, 0.05) is 84.4 Å². The number of aromatic nitrogens is 2. The van der Waals surface area contributed by atoms with Crippen molar-refractivity contribution in [1.29, 1.82) is 0 Å². The number of aromatic amines is 2. The number of para-hydroxylation sites is 2. The lowest BCUT2D eigenvalue weighted by Crippen LogP contribution is -2.62. The zero-order valence-electron chi connectivity index (χ0n) is 78.8. The zero-order chi connectivity index (χ0) is 103. The summed E-state index contributed by atoms with van der Waals surface area (Å²) in [5, 5.41) is 56.2. The van der Waals surface area contributed by atoms with E-state index in [1.165, 1.54) is 4.90 Å². The van der Waals surface area contributed by atoms with Gasteiger partial charge in [0.2, 0.25) is 106 Å². The molecule has 16 atom stereocenters. The van der Waals surface area contributed by atoms with Gasteiger partial charge in [0.15, 0.2) is 0 Å². The van der Waals surface area contributed by atoms with Crippen LogP contribution in [0.15, 0.2) is 122 Å². The van der Waals surface area contributed by atoms with Crippen molar-refractivity contribution in [3.05, 3.63) is 144 Å². The molecule has 44 nitrogen and oxygen atoms in total. The molecule has 1 aliphatic rings. The minimum absolute atomic E-state index is 0.0792. The Hall–Kier alpha value is -14.0. The van der Waals surface area contributed by atoms with Crippen molar-refractivity contribution in [2.75, 3.05) is 31.1 Å². The summed E-state index contributed by atoms with van der Waals surface area (Å²) < 4.78 is 0. The fourth-order valence-electron chi connectivity index (χ4n) is 15.7. The first-order valence-electron chi connectivity index (χ1n) is 46.2. The molecule has 0 unspecified atom stereocenters. The van der Waals surface area contributed by atoms with Crippen molar-refractivity contribution in [2.24, 2.45) is 46.4 Å². The Morgan fingerprint density at radius 2 is 0.807 bits per heavy atom. The minimum atomic E-state index is -1.99. The highest BCUT2D eigenvalue weighted by Gasteiger charge is 2.42. The molecule has 1 fully saturated rings. The number of H-pyrrole nitrogens is 2. The Kier molecular flexibility index (Phi) is 45.3. The van der Waals surface area contributed by atoms with E-state index >= 15 is 14.4 Å². The summed E-state index contributed by atoms with van der Waals surface area (Å²) in [6, 6.07) is 6.75. The summed E-state index contributed by atoms with van der Waals surface area (Å²) in [6.45, 7) is 9.79. The topological polar surface area (TPSA) is 715 Å². The van der Waals surface area contributed by atoms with Gasteiger partial charge in [-0.25, -0.2) is 4.79 Å². The van der Waals surface area contributed by atoms with Crippen molar-refractivity contribution >= 4 is 165 Å². The summed E-state index contributed by atoms with van der Waals surface area (Å²) in [5.41, 5.74) is 32.1. The maximum absolute atomic E-state index is 15.2. The van der Waals surface area contributed by atoms with Gasteiger partial charge in [-0.15, -0.1) is 0 Å². The number of unbranched alkanes of at least 4 members (excludes halogenated alkanes) is 1. The first-order chi connectivity index (χ1) is 66.5. The van der Waals surface area contributed by atoms with Gasteiger partial charge < -0.3 is 128 Å². The number of nitrogens with one attached hydrogen (secondary N) is 16. The number of nitrogens with zero attached hydrogens (tertiary/aromatic N) is 1. The predicted molar refractivity (Wildman–Crippen MR) is 520 cm³/mol. The Morgan fingerprint density at radius 1 is 0.421 bits per heavy atom. The van der Waals surface area contributed by atoms with E-state index < -0.39 is 265 Å². The standard InChI is InChI=1S/C94H130N22O22S2/c1-7-51(6)79(115-90(133)67(105-80(123)58(96)41-78(121)122)40-55-45-101-60-28-17-15-26-57(55)60)93(136)114-72(48-140)91(134)111-69(43-76(99)119)89(132)106-63(35-49(2)3)84(127)107-64(37-52-21-10-8-11-22-52)85(128)103-61(29-18-19-33-95)82(125)110-68(42-75(98)118)88(131)104-62(31-32-74(97)117)83(126)109-66(39-54-44-100-59-27-16-14-25-56(54)59)87(130)108-65(38-53-23-12-9-13-24-53)86(129)113-71(47-139)81(124)102-46-77(120)116-34-20-30-73(116)92(135)112-70(94(137)138)36-50(4)5/h8-17,21-28,44-45,49-51,58,61-73,79,100-101,139-140H,7,18-20,29-43,46-48,95-96H2,1-6H3,(H2,97,117)(H2,98,118)(H2,99,119)(H,102,124)(H,103,128)(H,104,131)(H,105,123)(H,106,132)(H,107,127)(H,108,130)(H,109,126)(H,110,125)(H,111,134)(H,112,135)(H,113,129)(H,114,136)(H,115,133)(H,121,122)(H,137,138)/t51-,58-,61-,62-,63-,64-,65-,66-,67-,68-,69-,70-,71-,72-,73-,79-/m0/s1. The van der Waals surface area contributed by atoms with Crippen LogP contribution in [0.4, 0.5) is 0 Å². The SMILES string of the molecule is CC[C@H](C)[C@H](NC(=O)[C@H](Cc1c[nH]c2ccccc12)NC(=O)[C@@H](N)CC(=O)O)C(=O)N[C@@H](CS)C(=O)N[C@@H](CC(N)=O)C(=O)N[C@@H](CC(C)C)C(=O)N[C@@H](Cc1ccccc1)C(=O)N[C@@H](CCCCN)C(=O)N[C@@H](CC(N)=O)C(=O)N[C@@H](CCC(N)=O)C(=O)N[C@@H](Cc1c[nH]c2ccccc12)C(=O)N[C@@H](Cc1ccccc1)C(=O)N[C@@H](CS)C(=O)NCC(=O)N1CCC[C@H]1C(=O)N[C@@H](CC(C)C)C(=O)O. The van der Waals surface area contributed by atoms with Gasteiger partial charge in [-0.2, -0.15) is 25.3 Å². The minimum Gasteiger partial charge on any atom is -0.481 e. The van der Waals surface area contributed by atoms with Crippen LogP contribution in [0, 0.1) is 17.8 Å². The average Bonchev–Trinajstić information content (AvgIpc) is 1.67. The molecule has 28 N–H and O–H groups in total. The van der Waals surface area contributed by atoms with Crippen LogP contribution in [0.2, 0.25) is 0 Å². The molecule has 140 heavy (non-hydrogen) atoms. The molecule has 7 rings (SSSR count). The number of carboxylic acids is 2. The number of carbonyl (C=O) groups is 20. The second-order valence-electron chi connectivity index (χ2n) is 35.4. The molecular formula is C94H130N22O22S2. The number of fused-ring (bicyclic) bond motifs is 2. The number of nitrogens with two attached hydrogens (primary N) is 5. The molecule has 0 spiro atoms. The van der Waals surface area contributed by atoms with Crippen LogP contribution < -0.4 is 103 Å². The molecule has 1 aliphatic heterocycles. The number of carbonyl (C=O) groups excluding carboxylic acids is 18. The molecule has 6 aromatic rings. The van der Waals surface area contributed by atoms with E-state index in [2.05, 4.69) is 110 Å². The van der Waals surface area contributed by atoms with E-state index in [1.54, 1.807) is 163 Å². The Balaban J connectivity index is 1.09. The number of hydrogen-bond donors (Lipinski definition) is 25. The Labute approximate surface area is 819 Å². The summed E-state index contributed by atoms with van der Waals surface area (Å²) in [6.07, 6.45) is -0.772.